The normalized spacial score (nSPS) is 16.5. The third-order valence-corrected chi connectivity index (χ3v) is 10.6. The second-order valence-electron chi connectivity index (χ2n) is 16.1. The number of aliphatic hydroxyl groups is 2. The van der Waals surface area contributed by atoms with E-state index in [9.17, 15) is 29.4 Å². The lowest BCUT2D eigenvalue weighted by Gasteiger charge is -2.36. The first-order valence-corrected chi connectivity index (χ1v) is 20.1. The molecule has 0 radical (unpaired) electrons. The van der Waals surface area contributed by atoms with Gasteiger partial charge in [0.25, 0.3) is 5.91 Å². The van der Waals surface area contributed by atoms with E-state index in [-0.39, 0.29) is 44.6 Å². The molecule has 59 heavy (non-hydrogen) atoms. The van der Waals surface area contributed by atoms with Crippen molar-refractivity contribution >= 4 is 23.9 Å². The van der Waals surface area contributed by atoms with E-state index in [0.29, 0.717) is 55.6 Å². The van der Waals surface area contributed by atoms with E-state index in [0.717, 1.165) is 11.1 Å². The molecule has 5 unspecified atom stereocenters. The topological polar surface area (TPSA) is 195 Å². The molecular weight excluding hydrogens is 759 g/mol. The molecule has 0 bridgehead atoms. The molecule has 5 rings (SSSR count). The number of carbonyl (C=O) groups is 4. The van der Waals surface area contributed by atoms with E-state index >= 15 is 0 Å². The van der Waals surface area contributed by atoms with Crippen LogP contribution >= 0.6 is 0 Å². The van der Waals surface area contributed by atoms with E-state index in [1.165, 1.54) is 7.11 Å². The van der Waals surface area contributed by atoms with Crippen LogP contribution in [0.3, 0.4) is 0 Å². The number of benzene rings is 2. The van der Waals surface area contributed by atoms with Crippen molar-refractivity contribution in [2.45, 2.75) is 91.4 Å². The molecule has 1 aromatic heterocycles. The average Bonchev–Trinajstić information content (AvgIpc) is 3.57. The fourth-order valence-corrected chi connectivity index (χ4v) is 7.24. The molecule has 16 heteroatoms. The summed E-state index contributed by atoms with van der Waals surface area (Å²) in [5.41, 5.74) is 4.92. The standard InChI is InChI=1S/C43H59N7O9/c1-7-28(2)37(50-19-18-48(42(50)56)25-31-14-11-15-32(27-51)44-31)39(53)45-33(22-29-12-9-8-10-13-29)34(52)26-49(24-30-16-17-35-36(23-30)59-21-20-58-35)47-40(54)38(43(3,4)5)46-41(55)57-6/h8-17,23,28,33-34,37-38,51-52H,7,18-22,24-27H2,1-6H3,(H,45,53)(H,46,55)(H,47,54). The van der Waals surface area contributed by atoms with Gasteiger partial charge in [0.2, 0.25) is 5.91 Å². The molecule has 3 heterocycles. The van der Waals surface area contributed by atoms with Crippen LogP contribution in [0, 0.1) is 11.3 Å². The van der Waals surface area contributed by atoms with Gasteiger partial charge in [0.05, 0.1) is 43.8 Å². The van der Waals surface area contributed by atoms with Crippen LogP contribution in [0.1, 0.15) is 63.6 Å². The molecule has 5 atom stereocenters. The highest BCUT2D eigenvalue weighted by Crippen LogP contribution is 2.31. The lowest BCUT2D eigenvalue weighted by atomic mass is 9.86. The molecule has 1 saturated heterocycles. The fourth-order valence-electron chi connectivity index (χ4n) is 7.24. The molecule has 5 amide bonds. The lowest BCUT2D eigenvalue weighted by Crippen LogP contribution is -2.60. The molecule has 2 aromatic carbocycles. The SMILES string of the molecule is CCC(C)C(C(=O)NC(Cc1ccccc1)C(O)CN(Cc1ccc2c(c1)OCCO2)NC(=O)C(NC(=O)OC)C(C)(C)C)N1CCN(Cc2cccc(CO)n2)C1=O. The van der Waals surface area contributed by atoms with Gasteiger partial charge in [-0.25, -0.2) is 14.6 Å². The Hall–Kier alpha value is -5.45. The van der Waals surface area contributed by atoms with Crippen molar-refractivity contribution in [1.29, 1.82) is 0 Å². The number of rotatable bonds is 18. The maximum Gasteiger partial charge on any atom is 0.407 e. The summed E-state index contributed by atoms with van der Waals surface area (Å²) in [5.74, 6) is -0.0297. The second-order valence-corrected chi connectivity index (χ2v) is 16.1. The number of urea groups is 1. The molecule has 0 aliphatic carbocycles. The van der Waals surface area contributed by atoms with Gasteiger partial charge in [0, 0.05) is 26.2 Å². The van der Waals surface area contributed by atoms with Crippen LogP contribution in [0.2, 0.25) is 0 Å². The van der Waals surface area contributed by atoms with E-state index in [4.69, 9.17) is 14.2 Å². The zero-order chi connectivity index (χ0) is 42.7. The summed E-state index contributed by atoms with van der Waals surface area (Å²) in [5, 5.41) is 29.0. The zero-order valence-electron chi connectivity index (χ0n) is 34.8. The van der Waals surface area contributed by atoms with E-state index in [1.807, 2.05) is 77.1 Å². The van der Waals surface area contributed by atoms with Crippen molar-refractivity contribution in [3.8, 4) is 11.5 Å². The maximum atomic E-state index is 14.5. The van der Waals surface area contributed by atoms with Crippen molar-refractivity contribution < 1.29 is 43.6 Å². The van der Waals surface area contributed by atoms with Gasteiger partial charge in [-0.2, -0.15) is 0 Å². The highest BCUT2D eigenvalue weighted by atomic mass is 16.6. The van der Waals surface area contributed by atoms with E-state index in [1.54, 1.807) is 39.1 Å². The number of pyridine rings is 1. The summed E-state index contributed by atoms with van der Waals surface area (Å²) in [6, 6.07) is 17.1. The predicted octanol–water partition coefficient (Wildman–Crippen LogP) is 3.39. The first-order valence-electron chi connectivity index (χ1n) is 20.1. The van der Waals surface area contributed by atoms with Gasteiger partial charge >= 0.3 is 12.1 Å². The summed E-state index contributed by atoms with van der Waals surface area (Å²) in [6.45, 7) is 10.8. The number of hydrogen-bond donors (Lipinski definition) is 5. The molecular formula is C43H59N7O9. The van der Waals surface area contributed by atoms with Crippen molar-refractivity contribution in [3.05, 3.63) is 89.2 Å². The third-order valence-electron chi connectivity index (χ3n) is 10.6. The smallest absolute Gasteiger partial charge is 0.407 e. The van der Waals surface area contributed by atoms with Crippen LogP contribution in [0.25, 0.3) is 0 Å². The van der Waals surface area contributed by atoms with E-state index < -0.39 is 47.6 Å². The number of methoxy groups -OCH3 is 1. The Morgan fingerprint density at radius 2 is 1.64 bits per heavy atom. The first kappa shape index (κ1) is 44.6. The van der Waals surface area contributed by atoms with Gasteiger partial charge in [-0.3, -0.25) is 20.0 Å². The van der Waals surface area contributed by atoms with Crippen molar-refractivity contribution in [2.75, 3.05) is 40.0 Å². The summed E-state index contributed by atoms with van der Waals surface area (Å²) in [6.07, 6.45) is -1.16. The quantitative estimate of drug-likeness (QED) is 0.118. The summed E-state index contributed by atoms with van der Waals surface area (Å²) >= 11 is 0. The number of aliphatic hydroxyl groups excluding tert-OH is 2. The van der Waals surface area contributed by atoms with Crippen molar-refractivity contribution in [1.82, 2.24) is 35.9 Å². The number of aromatic nitrogens is 1. The molecule has 2 aliphatic heterocycles. The number of amides is 5. The molecule has 0 saturated carbocycles. The van der Waals surface area contributed by atoms with Crippen molar-refractivity contribution in [2.24, 2.45) is 11.3 Å². The van der Waals surface area contributed by atoms with Gasteiger partial charge < -0.3 is 44.9 Å². The van der Waals surface area contributed by atoms with Gasteiger partial charge in [-0.05, 0) is 53.1 Å². The summed E-state index contributed by atoms with van der Waals surface area (Å²) < 4.78 is 16.3. The largest absolute Gasteiger partial charge is 0.486 e. The Morgan fingerprint density at radius 1 is 0.932 bits per heavy atom. The minimum Gasteiger partial charge on any atom is -0.486 e. The third kappa shape index (κ3) is 12.1. The number of carbonyl (C=O) groups excluding carboxylic acids is 4. The number of alkyl carbamates (subject to hydrolysis) is 1. The Bertz CT molecular complexity index is 1890. The van der Waals surface area contributed by atoms with Gasteiger partial charge in [0.1, 0.15) is 25.3 Å². The van der Waals surface area contributed by atoms with Crippen LogP contribution in [0.5, 0.6) is 11.5 Å². The minimum atomic E-state index is -1.24. The summed E-state index contributed by atoms with van der Waals surface area (Å²) in [4.78, 5) is 62.4. The first-order chi connectivity index (χ1) is 28.2. The molecule has 3 aromatic rings. The number of fused-ring (bicyclic) bond motifs is 1. The van der Waals surface area contributed by atoms with Crippen LogP contribution in [-0.2, 0) is 40.4 Å². The monoisotopic (exact) mass is 817 g/mol. The predicted molar refractivity (Wildman–Crippen MR) is 219 cm³/mol. The average molecular weight is 818 g/mol. The Kier molecular flexibility index (Phi) is 15.5. The number of hydrogen-bond acceptors (Lipinski definition) is 11. The summed E-state index contributed by atoms with van der Waals surface area (Å²) in [7, 11) is 1.22. The number of nitrogens with zero attached hydrogens (tertiary/aromatic N) is 4. The molecule has 320 valence electrons. The highest BCUT2D eigenvalue weighted by molar-refractivity contribution is 5.88. The van der Waals surface area contributed by atoms with Gasteiger partial charge in [-0.15, -0.1) is 0 Å². The molecule has 5 N–H and O–H groups in total. The van der Waals surface area contributed by atoms with Crippen LogP contribution < -0.4 is 25.5 Å². The Morgan fingerprint density at radius 3 is 2.32 bits per heavy atom. The van der Waals surface area contributed by atoms with Crippen LogP contribution in [-0.4, -0.2) is 118 Å². The van der Waals surface area contributed by atoms with Gasteiger partial charge in [0.15, 0.2) is 11.5 Å². The Balaban J connectivity index is 1.41. The van der Waals surface area contributed by atoms with Crippen LogP contribution in [0.15, 0.2) is 66.7 Å². The Labute approximate surface area is 346 Å². The number of ether oxygens (including phenoxy) is 3. The molecule has 2 aliphatic rings. The molecule has 16 nitrogen and oxygen atoms in total. The van der Waals surface area contributed by atoms with Crippen molar-refractivity contribution in [3.63, 3.8) is 0 Å². The second kappa shape index (κ2) is 20.5. The zero-order valence-corrected chi connectivity index (χ0v) is 34.8. The highest BCUT2D eigenvalue weighted by Gasteiger charge is 2.41. The fraction of sp³-hybridized carbons (Fsp3) is 0.512. The maximum absolute atomic E-state index is 14.5. The lowest BCUT2D eigenvalue weighted by molar-refractivity contribution is -0.132. The number of nitrogens with one attached hydrogen (secondary N) is 3. The van der Waals surface area contributed by atoms with E-state index in [2.05, 4.69) is 21.0 Å². The minimum absolute atomic E-state index is 0.115. The number of hydrazine groups is 1. The molecule has 0 spiro atoms. The van der Waals surface area contributed by atoms with Gasteiger partial charge in [-0.1, -0.05) is 83.5 Å². The van der Waals surface area contributed by atoms with Crippen LogP contribution in [0.4, 0.5) is 9.59 Å². The molecule has 1 fully saturated rings.